The number of para-hydroxylation sites is 1. The minimum atomic E-state index is -0.923. The SMILES string of the molecule is COc1ccc(C(=O)O)cc1.c1ccc2[nH]nnc2c1. The van der Waals surface area contributed by atoms with Crippen molar-refractivity contribution < 1.29 is 14.6 Å². The van der Waals surface area contributed by atoms with Crippen LogP contribution < -0.4 is 4.74 Å². The standard InChI is InChI=1S/C8H8O3.C6H5N3/c1-11-7-4-2-6(3-5-7)8(9)10;1-2-4-6-5(3-1)7-9-8-6/h2-5H,1H3,(H,9,10);1-4H,(H,7,8,9). The topological polar surface area (TPSA) is 88.1 Å². The van der Waals surface area contributed by atoms with E-state index in [1.54, 1.807) is 12.1 Å². The van der Waals surface area contributed by atoms with E-state index in [1.165, 1.54) is 19.2 Å². The van der Waals surface area contributed by atoms with Gasteiger partial charge in [0, 0.05) is 0 Å². The number of H-pyrrole nitrogens is 1. The first-order chi connectivity index (χ1) is 9.70. The molecule has 102 valence electrons. The molecule has 0 spiro atoms. The van der Waals surface area contributed by atoms with Crippen molar-refractivity contribution >= 4 is 17.0 Å². The molecule has 2 N–H and O–H groups in total. The van der Waals surface area contributed by atoms with Crippen LogP contribution in [0.15, 0.2) is 48.5 Å². The van der Waals surface area contributed by atoms with Crippen LogP contribution in [0.1, 0.15) is 10.4 Å². The molecule has 0 saturated heterocycles. The van der Waals surface area contributed by atoms with Crippen molar-refractivity contribution in [1.82, 2.24) is 15.4 Å². The maximum Gasteiger partial charge on any atom is 0.335 e. The monoisotopic (exact) mass is 271 g/mol. The van der Waals surface area contributed by atoms with Gasteiger partial charge < -0.3 is 9.84 Å². The number of methoxy groups -OCH3 is 1. The predicted molar refractivity (Wildman–Crippen MR) is 73.8 cm³/mol. The van der Waals surface area contributed by atoms with Gasteiger partial charge in [-0.3, -0.25) is 5.10 Å². The number of hydrogen-bond acceptors (Lipinski definition) is 4. The second kappa shape index (κ2) is 6.33. The normalized spacial score (nSPS) is 9.65. The third kappa shape index (κ3) is 3.32. The third-order valence-corrected chi connectivity index (χ3v) is 2.57. The fourth-order valence-corrected chi connectivity index (χ4v) is 1.52. The second-order valence-electron chi connectivity index (χ2n) is 3.86. The third-order valence-electron chi connectivity index (χ3n) is 2.57. The summed E-state index contributed by atoms with van der Waals surface area (Å²) >= 11 is 0. The molecule has 0 saturated carbocycles. The highest BCUT2D eigenvalue weighted by Crippen LogP contribution is 2.10. The molecule has 0 aliphatic rings. The number of aromatic amines is 1. The number of aromatic carboxylic acids is 1. The summed E-state index contributed by atoms with van der Waals surface area (Å²) in [4.78, 5) is 10.4. The Hall–Kier alpha value is -2.89. The van der Waals surface area contributed by atoms with Crippen LogP contribution in [-0.2, 0) is 0 Å². The van der Waals surface area contributed by atoms with E-state index in [0.29, 0.717) is 5.75 Å². The van der Waals surface area contributed by atoms with E-state index in [1.807, 2.05) is 24.3 Å². The largest absolute Gasteiger partial charge is 0.497 e. The summed E-state index contributed by atoms with van der Waals surface area (Å²) in [6.07, 6.45) is 0. The minimum absolute atomic E-state index is 0.269. The van der Waals surface area contributed by atoms with Gasteiger partial charge in [-0.15, -0.1) is 5.10 Å². The summed E-state index contributed by atoms with van der Waals surface area (Å²) in [6, 6.07) is 14.0. The smallest absolute Gasteiger partial charge is 0.335 e. The molecule has 0 atom stereocenters. The number of nitrogens with one attached hydrogen (secondary N) is 1. The molecule has 1 aromatic heterocycles. The van der Waals surface area contributed by atoms with Crippen LogP contribution in [-0.4, -0.2) is 33.6 Å². The lowest BCUT2D eigenvalue weighted by atomic mass is 10.2. The number of hydrogen-bond donors (Lipinski definition) is 2. The van der Waals surface area contributed by atoms with E-state index in [2.05, 4.69) is 15.4 Å². The number of carbonyl (C=O) groups is 1. The van der Waals surface area contributed by atoms with Crippen molar-refractivity contribution in [2.75, 3.05) is 7.11 Å². The van der Waals surface area contributed by atoms with Gasteiger partial charge in [-0.25, -0.2) is 4.79 Å². The van der Waals surface area contributed by atoms with Crippen LogP contribution >= 0.6 is 0 Å². The van der Waals surface area contributed by atoms with Gasteiger partial charge in [-0.05, 0) is 36.4 Å². The molecule has 0 amide bonds. The Morgan fingerprint density at radius 1 is 1.15 bits per heavy atom. The summed E-state index contributed by atoms with van der Waals surface area (Å²) < 4.78 is 4.86. The molecule has 0 fully saturated rings. The quantitative estimate of drug-likeness (QED) is 0.747. The Bertz CT molecular complexity index is 662. The van der Waals surface area contributed by atoms with E-state index in [4.69, 9.17) is 9.84 Å². The van der Waals surface area contributed by atoms with Crippen molar-refractivity contribution in [3.05, 3.63) is 54.1 Å². The van der Waals surface area contributed by atoms with E-state index >= 15 is 0 Å². The van der Waals surface area contributed by atoms with Gasteiger partial charge >= 0.3 is 5.97 Å². The lowest BCUT2D eigenvalue weighted by Crippen LogP contribution is -1.95. The van der Waals surface area contributed by atoms with Crippen LogP contribution in [0.3, 0.4) is 0 Å². The molecule has 0 bridgehead atoms. The molecule has 6 heteroatoms. The summed E-state index contributed by atoms with van der Waals surface area (Å²) in [7, 11) is 1.54. The molecule has 20 heavy (non-hydrogen) atoms. The molecule has 0 unspecified atom stereocenters. The Kier molecular flexibility index (Phi) is 4.28. The summed E-state index contributed by atoms with van der Waals surface area (Å²) in [5.74, 6) is -0.261. The van der Waals surface area contributed by atoms with Gasteiger partial charge in [0.15, 0.2) is 0 Å². The van der Waals surface area contributed by atoms with Crippen LogP contribution in [0.2, 0.25) is 0 Å². The first-order valence-corrected chi connectivity index (χ1v) is 5.84. The lowest BCUT2D eigenvalue weighted by Gasteiger charge is -1.98. The van der Waals surface area contributed by atoms with Crippen LogP contribution in [0.5, 0.6) is 5.75 Å². The number of aromatic nitrogens is 3. The Labute approximate surface area is 115 Å². The molecule has 0 radical (unpaired) electrons. The highest BCUT2D eigenvalue weighted by molar-refractivity contribution is 5.87. The molecular weight excluding hydrogens is 258 g/mol. The first-order valence-electron chi connectivity index (χ1n) is 5.84. The highest BCUT2D eigenvalue weighted by atomic mass is 16.5. The molecule has 3 rings (SSSR count). The molecule has 1 heterocycles. The van der Waals surface area contributed by atoms with E-state index < -0.39 is 5.97 Å². The molecule has 6 nitrogen and oxygen atoms in total. The summed E-state index contributed by atoms with van der Waals surface area (Å²) in [5.41, 5.74) is 2.17. The number of nitrogens with zero attached hydrogens (tertiary/aromatic N) is 2. The van der Waals surface area contributed by atoms with Crippen LogP contribution in [0, 0.1) is 0 Å². The van der Waals surface area contributed by atoms with Gasteiger partial charge in [0.2, 0.25) is 0 Å². The van der Waals surface area contributed by atoms with Crippen molar-refractivity contribution in [1.29, 1.82) is 0 Å². The molecule has 0 aliphatic carbocycles. The van der Waals surface area contributed by atoms with Gasteiger partial charge in [0.05, 0.1) is 18.2 Å². The summed E-state index contributed by atoms with van der Waals surface area (Å²) in [5, 5.41) is 18.7. The number of carboxylic acid groups (broad SMARTS) is 1. The maximum absolute atomic E-state index is 10.4. The Morgan fingerprint density at radius 3 is 2.45 bits per heavy atom. The minimum Gasteiger partial charge on any atom is -0.497 e. The number of benzene rings is 2. The molecule has 2 aromatic carbocycles. The van der Waals surface area contributed by atoms with Crippen molar-refractivity contribution in [3.63, 3.8) is 0 Å². The average Bonchev–Trinajstić information content (AvgIpc) is 2.96. The maximum atomic E-state index is 10.4. The predicted octanol–water partition coefficient (Wildman–Crippen LogP) is 2.35. The zero-order valence-electron chi connectivity index (χ0n) is 10.8. The number of rotatable bonds is 2. The number of carboxylic acids is 1. The lowest BCUT2D eigenvalue weighted by molar-refractivity contribution is 0.0697. The first kappa shape index (κ1) is 13.5. The molecule has 0 aliphatic heterocycles. The van der Waals surface area contributed by atoms with Crippen LogP contribution in [0.25, 0.3) is 11.0 Å². The van der Waals surface area contributed by atoms with Crippen LogP contribution in [0.4, 0.5) is 0 Å². The molecule has 3 aromatic rings. The fraction of sp³-hybridized carbons (Fsp3) is 0.0714. The zero-order chi connectivity index (χ0) is 14.4. The second-order valence-corrected chi connectivity index (χ2v) is 3.86. The van der Waals surface area contributed by atoms with E-state index in [-0.39, 0.29) is 5.56 Å². The molecular formula is C14H13N3O3. The van der Waals surface area contributed by atoms with Crippen molar-refractivity contribution in [2.45, 2.75) is 0 Å². The van der Waals surface area contributed by atoms with Gasteiger partial charge in [0.25, 0.3) is 0 Å². The van der Waals surface area contributed by atoms with E-state index in [0.717, 1.165) is 11.0 Å². The average molecular weight is 271 g/mol. The van der Waals surface area contributed by atoms with Gasteiger partial charge in [-0.2, -0.15) is 0 Å². The zero-order valence-corrected chi connectivity index (χ0v) is 10.8. The van der Waals surface area contributed by atoms with Gasteiger partial charge in [0.1, 0.15) is 11.3 Å². The highest BCUT2D eigenvalue weighted by Gasteiger charge is 2.00. The van der Waals surface area contributed by atoms with E-state index in [9.17, 15) is 4.79 Å². The van der Waals surface area contributed by atoms with Crippen molar-refractivity contribution in [3.8, 4) is 5.75 Å². The Balaban J connectivity index is 0.000000149. The summed E-state index contributed by atoms with van der Waals surface area (Å²) in [6.45, 7) is 0. The van der Waals surface area contributed by atoms with Crippen molar-refractivity contribution in [2.24, 2.45) is 0 Å². The Morgan fingerprint density at radius 2 is 1.85 bits per heavy atom. The number of ether oxygens (including phenoxy) is 1. The van der Waals surface area contributed by atoms with Gasteiger partial charge in [-0.1, -0.05) is 17.3 Å². The number of fused-ring (bicyclic) bond motifs is 1. The fourth-order valence-electron chi connectivity index (χ4n) is 1.52.